The van der Waals surface area contributed by atoms with Crippen LogP contribution in [0.5, 0.6) is 0 Å². The summed E-state index contributed by atoms with van der Waals surface area (Å²) in [5.74, 6) is -0.00592. The molecule has 0 radical (unpaired) electrons. The van der Waals surface area contributed by atoms with Gasteiger partial charge < -0.3 is 5.32 Å². The number of sulfonamides is 1. The van der Waals surface area contributed by atoms with E-state index in [2.05, 4.69) is 19.8 Å². The molecule has 1 saturated heterocycles. The number of para-hydroxylation sites is 1. The highest BCUT2D eigenvalue weighted by Gasteiger charge is 2.26. The van der Waals surface area contributed by atoms with Crippen LogP contribution in [-0.2, 0) is 14.8 Å². The Balaban J connectivity index is 1.42. The van der Waals surface area contributed by atoms with Crippen molar-refractivity contribution in [3.8, 4) is 0 Å². The first-order valence-corrected chi connectivity index (χ1v) is 12.1. The van der Waals surface area contributed by atoms with Gasteiger partial charge in [-0.05, 0) is 44.5 Å². The Bertz CT molecular complexity index is 984. The number of anilines is 1. The highest BCUT2D eigenvalue weighted by molar-refractivity contribution is 7.89. The van der Waals surface area contributed by atoms with Crippen LogP contribution in [0.15, 0.2) is 53.4 Å². The summed E-state index contributed by atoms with van der Waals surface area (Å²) < 4.78 is 27.5. The van der Waals surface area contributed by atoms with Crippen LogP contribution < -0.4 is 10.0 Å². The summed E-state index contributed by atoms with van der Waals surface area (Å²) >= 11 is 0. The molecule has 1 heterocycles. The average molecular weight is 445 g/mol. The van der Waals surface area contributed by atoms with Crippen molar-refractivity contribution < 1.29 is 13.2 Å². The van der Waals surface area contributed by atoms with Crippen LogP contribution in [0.25, 0.3) is 0 Å². The van der Waals surface area contributed by atoms with Crippen LogP contribution in [0.3, 0.4) is 0 Å². The molecule has 8 heteroatoms. The lowest BCUT2D eigenvalue weighted by molar-refractivity contribution is -0.121. The zero-order valence-corrected chi connectivity index (χ0v) is 19.3. The van der Waals surface area contributed by atoms with Gasteiger partial charge in [0.05, 0.1) is 10.9 Å². The SMILES string of the molecule is Cc1ccc(S(=O)(=O)NCCN2CCN(C(C)C(=O)Nc3ccccc3C)CC2)cc1. The Morgan fingerprint density at radius 2 is 1.65 bits per heavy atom. The number of nitrogens with one attached hydrogen (secondary N) is 2. The van der Waals surface area contributed by atoms with Crippen molar-refractivity contribution in [2.75, 3.05) is 44.6 Å². The van der Waals surface area contributed by atoms with Gasteiger partial charge in [-0.25, -0.2) is 13.1 Å². The van der Waals surface area contributed by atoms with Crippen LogP contribution in [0, 0.1) is 13.8 Å². The van der Waals surface area contributed by atoms with Gasteiger partial charge in [0, 0.05) is 45.0 Å². The number of benzene rings is 2. The van der Waals surface area contributed by atoms with Crippen molar-refractivity contribution in [3.63, 3.8) is 0 Å². The third kappa shape index (κ3) is 6.36. The van der Waals surface area contributed by atoms with Crippen LogP contribution >= 0.6 is 0 Å². The lowest BCUT2D eigenvalue weighted by Crippen LogP contribution is -2.53. The number of carbonyl (C=O) groups is 1. The Morgan fingerprint density at radius 1 is 1.00 bits per heavy atom. The summed E-state index contributed by atoms with van der Waals surface area (Å²) in [6.45, 7) is 9.98. The minimum atomic E-state index is -3.49. The van der Waals surface area contributed by atoms with Gasteiger partial charge in [-0.1, -0.05) is 35.9 Å². The van der Waals surface area contributed by atoms with Crippen LogP contribution in [-0.4, -0.2) is 69.4 Å². The first kappa shape index (κ1) is 23.4. The molecule has 0 saturated carbocycles. The number of rotatable bonds is 8. The van der Waals surface area contributed by atoms with Crippen molar-refractivity contribution in [3.05, 3.63) is 59.7 Å². The number of carbonyl (C=O) groups excluding carboxylic acids is 1. The first-order valence-electron chi connectivity index (χ1n) is 10.7. The second-order valence-electron chi connectivity index (χ2n) is 8.07. The fourth-order valence-corrected chi connectivity index (χ4v) is 4.65. The van der Waals surface area contributed by atoms with Crippen molar-refractivity contribution >= 4 is 21.6 Å². The van der Waals surface area contributed by atoms with E-state index < -0.39 is 10.0 Å². The minimum absolute atomic E-state index is 0.00592. The third-order valence-corrected chi connectivity index (χ3v) is 7.27. The summed E-state index contributed by atoms with van der Waals surface area (Å²) in [7, 11) is -3.49. The van der Waals surface area contributed by atoms with E-state index in [1.165, 1.54) is 0 Å². The predicted octanol–water partition coefficient (Wildman–Crippen LogP) is 2.23. The van der Waals surface area contributed by atoms with E-state index in [1.54, 1.807) is 24.3 Å². The maximum absolute atomic E-state index is 12.6. The normalized spacial score (nSPS) is 16.7. The Morgan fingerprint density at radius 3 is 2.29 bits per heavy atom. The summed E-state index contributed by atoms with van der Waals surface area (Å²) in [6.07, 6.45) is 0. The second-order valence-corrected chi connectivity index (χ2v) is 9.84. The summed E-state index contributed by atoms with van der Waals surface area (Å²) in [4.78, 5) is 17.3. The number of piperazine rings is 1. The molecule has 2 N–H and O–H groups in total. The molecule has 0 bridgehead atoms. The van der Waals surface area contributed by atoms with Gasteiger partial charge >= 0.3 is 0 Å². The van der Waals surface area contributed by atoms with Gasteiger partial charge in [0.15, 0.2) is 0 Å². The molecule has 1 fully saturated rings. The van der Waals surface area contributed by atoms with E-state index in [1.807, 2.05) is 45.0 Å². The van der Waals surface area contributed by atoms with Crippen LogP contribution in [0.1, 0.15) is 18.1 Å². The van der Waals surface area contributed by atoms with Gasteiger partial charge in [-0.15, -0.1) is 0 Å². The van der Waals surface area contributed by atoms with Gasteiger partial charge in [-0.3, -0.25) is 14.6 Å². The molecular formula is C23H32N4O3S. The maximum Gasteiger partial charge on any atom is 0.241 e. The fourth-order valence-electron chi connectivity index (χ4n) is 3.63. The molecule has 1 atom stereocenters. The number of nitrogens with zero attached hydrogens (tertiary/aromatic N) is 2. The first-order chi connectivity index (χ1) is 14.8. The molecule has 0 aliphatic carbocycles. The summed E-state index contributed by atoms with van der Waals surface area (Å²) in [5, 5.41) is 3.02. The van der Waals surface area contributed by atoms with E-state index in [4.69, 9.17) is 0 Å². The molecular weight excluding hydrogens is 412 g/mol. The second kappa shape index (κ2) is 10.4. The molecule has 168 valence electrons. The van der Waals surface area contributed by atoms with Crippen molar-refractivity contribution in [1.29, 1.82) is 0 Å². The molecule has 1 amide bonds. The van der Waals surface area contributed by atoms with E-state index >= 15 is 0 Å². The topological polar surface area (TPSA) is 81.8 Å². The van der Waals surface area contributed by atoms with Gasteiger partial charge in [0.1, 0.15) is 0 Å². The third-order valence-electron chi connectivity index (χ3n) is 5.79. The Hall–Kier alpha value is -2.26. The standard InChI is InChI=1S/C23H32N4O3S/c1-18-8-10-21(11-9-18)31(29,30)24-12-13-26-14-16-27(17-15-26)20(3)23(28)25-22-7-5-4-6-19(22)2/h4-11,20,24H,12-17H2,1-3H3,(H,25,28). The summed E-state index contributed by atoms with van der Waals surface area (Å²) in [5.41, 5.74) is 2.92. The highest BCUT2D eigenvalue weighted by atomic mass is 32.2. The lowest BCUT2D eigenvalue weighted by atomic mass is 10.1. The quantitative estimate of drug-likeness (QED) is 0.653. The number of aryl methyl sites for hydroxylation is 2. The number of hydrogen-bond donors (Lipinski definition) is 2. The molecule has 1 aliphatic heterocycles. The van der Waals surface area contributed by atoms with Crippen molar-refractivity contribution in [2.24, 2.45) is 0 Å². The Kier molecular flexibility index (Phi) is 7.83. The zero-order valence-electron chi connectivity index (χ0n) is 18.5. The minimum Gasteiger partial charge on any atom is -0.324 e. The molecule has 3 rings (SSSR count). The van der Waals surface area contributed by atoms with E-state index in [9.17, 15) is 13.2 Å². The van der Waals surface area contributed by atoms with Crippen molar-refractivity contribution in [2.45, 2.75) is 31.7 Å². The molecule has 31 heavy (non-hydrogen) atoms. The average Bonchev–Trinajstić information content (AvgIpc) is 2.75. The Labute approximate surface area is 185 Å². The molecule has 0 aromatic heterocycles. The summed E-state index contributed by atoms with van der Waals surface area (Å²) in [6, 6.07) is 14.4. The van der Waals surface area contributed by atoms with Crippen LogP contribution in [0.2, 0.25) is 0 Å². The van der Waals surface area contributed by atoms with Gasteiger partial charge in [0.25, 0.3) is 0 Å². The largest absolute Gasteiger partial charge is 0.324 e. The smallest absolute Gasteiger partial charge is 0.241 e. The lowest BCUT2D eigenvalue weighted by Gasteiger charge is -2.37. The monoisotopic (exact) mass is 444 g/mol. The number of hydrogen-bond acceptors (Lipinski definition) is 5. The molecule has 1 unspecified atom stereocenters. The molecule has 2 aromatic carbocycles. The zero-order chi connectivity index (χ0) is 22.4. The van der Waals surface area contributed by atoms with Crippen molar-refractivity contribution in [1.82, 2.24) is 14.5 Å². The molecule has 0 spiro atoms. The molecule has 1 aliphatic rings. The molecule has 7 nitrogen and oxygen atoms in total. The maximum atomic E-state index is 12.6. The fraction of sp³-hybridized carbons (Fsp3) is 0.435. The predicted molar refractivity (Wildman–Crippen MR) is 124 cm³/mol. The molecule has 2 aromatic rings. The highest BCUT2D eigenvalue weighted by Crippen LogP contribution is 2.15. The van der Waals surface area contributed by atoms with E-state index in [0.29, 0.717) is 13.1 Å². The van der Waals surface area contributed by atoms with E-state index in [-0.39, 0.29) is 16.8 Å². The van der Waals surface area contributed by atoms with Gasteiger partial charge in [0.2, 0.25) is 15.9 Å². The van der Waals surface area contributed by atoms with E-state index in [0.717, 1.165) is 43.0 Å². The number of amides is 1. The van der Waals surface area contributed by atoms with Crippen LogP contribution in [0.4, 0.5) is 5.69 Å². The van der Waals surface area contributed by atoms with Gasteiger partial charge in [-0.2, -0.15) is 0 Å².